The summed E-state index contributed by atoms with van der Waals surface area (Å²) in [6, 6.07) is 7.89. The number of nitrogens with one attached hydrogen (secondary N) is 1. The first-order valence-corrected chi connectivity index (χ1v) is 4.96. The van der Waals surface area contributed by atoms with Crippen molar-refractivity contribution < 1.29 is 14.3 Å². The average Bonchev–Trinajstić information content (AvgIpc) is 2.15. The van der Waals surface area contributed by atoms with Gasteiger partial charge in [-0.1, -0.05) is 6.07 Å². The molecule has 0 aromatic heterocycles. The summed E-state index contributed by atoms with van der Waals surface area (Å²) in [5.74, 6) is 0.549. The number of hydrogen-bond acceptors (Lipinski definition) is 3. The van der Waals surface area contributed by atoms with Crippen LogP contribution in [0.1, 0.15) is 20.8 Å². The van der Waals surface area contributed by atoms with Gasteiger partial charge in [0.15, 0.2) is 0 Å². The molecule has 0 spiro atoms. The third kappa shape index (κ3) is 3.81. The van der Waals surface area contributed by atoms with E-state index in [9.17, 15) is 4.79 Å². The number of carbonyl (C=O) groups is 1. The second-order valence-electron chi connectivity index (χ2n) is 4.25. The quantitative estimate of drug-likeness (QED) is 0.837. The fraction of sp³-hybridized carbons (Fsp3) is 0.417. The van der Waals surface area contributed by atoms with Crippen LogP contribution in [0.3, 0.4) is 0 Å². The zero-order valence-corrected chi connectivity index (χ0v) is 9.96. The zero-order valence-electron chi connectivity index (χ0n) is 9.96. The molecule has 1 rings (SSSR count). The van der Waals surface area contributed by atoms with Crippen LogP contribution in [0.4, 0.5) is 10.5 Å². The van der Waals surface area contributed by atoms with E-state index in [4.69, 9.17) is 9.47 Å². The molecule has 87 valence electrons. The summed E-state index contributed by atoms with van der Waals surface area (Å²) in [5.41, 5.74) is 0.0496. The molecule has 1 aromatic carbocycles. The van der Waals surface area contributed by atoms with Gasteiger partial charge in [0.25, 0.3) is 0 Å². The van der Waals surface area contributed by atoms with Gasteiger partial charge in [-0.05, 0) is 39.0 Å². The van der Waals surface area contributed by atoms with Crippen LogP contribution in [0.5, 0.6) is 5.75 Å². The smallest absolute Gasteiger partial charge is 0.412 e. The lowest BCUT2D eigenvalue weighted by Gasteiger charge is -2.20. The molecule has 0 aliphatic heterocycles. The number of rotatable bonds is 2. The van der Waals surface area contributed by atoms with Crippen molar-refractivity contribution in [3.63, 3.8) is 0 Å². The highest BCUT2D eigenvalue weighted by Crippen LogP contribution is 2.23. The topological polar surface area (TPSA) is 47.6 Å². The number of anilines is 1. The molecule has 0 aliphatic carbocycles. The van der Waals surface area contributed by atoms with E-state index in [1.807, 2.05) is 20.8 Å². The molecule has 16 heavy (non-hydrogen) atoms. The number of ether oxygens (including phenoxy) is 2. The molecule has 1 N–H and O–H groups in total. The Kier molecular flexibility index (Phi) is 3.77. The molecule has 1 amide bonds. The molecular formula is C12H16NO3. The van der Waals surface area contributed by atoms with Gasteiger partial charge in [-0.2, -0.15) is 0 Å². The Labute approximate surface area is 95.6 Å². The van der Waals surface area contributed by atoms with E-state index < -0.39 is 11.7 Å². The Morgan fingerprint density at radius 1 is 1.44 bits per heavy atom. The van der Waals surface area contributed by atoms with Crippen molar-refractivity contribution in [2.75, 3.05) is 12.4 Å². The standard InChI is InChI=1S/C12H16NO3/c1-12(2,3)16-11(14)13-9-7-5-6-8-10(9)15-4/h5,7-8H,1-4H3,(H,13,14). The minimum absolute atomic E-state index is 0.503. The van der Waals surface area contributed by atoms with Crippen molar-refractivity contribution in [1.29, 1.82) is 0 Å². The summed E-state index contributed by atoms with van der Waals surface area (Å²) < 4.78 is 10.2. The molecule has 0 saturated carbocycles. The summed E-state index contributed by atoms with van der Waals surface area (Å²) in [7, 11) is 1.53. The molecule has 0 bridgehead atoms. The normalized spacial score (nSPS) is 10.8. The Hall–Kier alpha value is -1.71. The Morgan fingerprint density at radius 2 is 2.12 bits per heavy atom. The second kappa shape index (κ2) is 4.88. The summed E-state index contributed by atoms with van der Waals surface area (Å²) in [4.78, 5) is 11.5. The number of amides is 1. The molecule has 0 fully saturated rings. The molecule has 4 heteroatoms. The molecule has 1 radical (unpaired) electrons. The van der Waals surface area contributed by atoms with Gasteiger partial charge < -0.3 is 9.47 Å². The van der Waals surface area contributed by atoms with Crippen LogP contribution in [-0.2, 0) is 4.74 Å². The zero-order chi connectivity index (χ0) is 12.2. The van der Waals surface area contributed by atoms with Crippen molar-refractivity contribution in [2.24, 2.45) is 0 Å². The Bertz CT molecular complexity index is 369. The van der Waals surface area contributed by atoms with Gasteiger partial charge in [0.05, 0.1) is 12.8 Å². The highest BCUT2D eigenvalue weighted by Gasteiger charge is 2.17. The van der Waals surface area contributed by atoms with Crippen LogP contribution >= 0.6 is 0 Å². The molecule has 1 aromatic rings. The van der Waals surface area contributed by atoms with Crippen molar-refractivity contribution in [3.05, 3.63) is 24.3 Å². The van der Waals surface area contributed by atoms with Gasteiger partial charge in [-0.3, -0.25) is 5.32 Å². The molecular weight excluding hydrogens is 206 g/mol. The predicted molar refractivity (Wildman–Crippen MR) is 61.7 cm³/mol. The van der Waals surface area contributed by atoms with Crippen LogP contribution in [-0.4, -0.2) is 18.8 Å². The van der Waals surface area contributed by atoms with Gasteiger partial charge in [0.2, 0.25) is 0 Å². The SMILES string of the molecule is COc1c[c]ccc1NC(=O)OC(C)(C)C. The molecule has 0 unspecified atom stereocenters. The highest BCUT2D eigenvalue weighted by atomic mass is 16.6. The van der Waals surface area contributed by atoms with E-state index >= 15 is 0 Å². The number of carbonyl (C=O) groups excluding carboxylic acids is 1. The van der Waals surface area contributed by atoms with Crippen LogP contribution in [0, 0.1) is 6.07 Å². The fourth-order valence-corrected chi connectivity index (χ4v) is 1.10. The molecule has 4 nitrogen and oxygen atoms in total. The number of benzene rings is 1. The lowest BCUT2D eigenvalue weighted by molar-refractivity contribution is 0.0635. The van der Waals surface area contributed by atoms with Crippen molar-refractivity contribution in [3.8, 4) is 5.75 Å². The van der Waals surface area contributed by atoms with E-state index in [0.29, 0.717) is 11.4 Å². The molecule has 0 atom stereocenters. The van der Waals surface area contributed by atoms with Crippen LogP contribution in [0.15, 0.2) is 18.2 Å². The number of methoxy groups -OCH3 is 1. The molecule has 0 aliphatic rings. The minimum atomic E-state index is -0.516. The van der Waals surface area contributed by atoms with Gasteiger partial charge in [-0.25, -0.2) is 4.79 Å². The Balaban J connectivity index is 2.70. The third-order valence-corrected chi connectivity index (χ3v) is 1.68. The number of hydrogen-bond donors (Lipinski definition) is 1. The maximum atomic E-state index is 11.5. The van der Waals surface area contributed by atoms with Gasteiger partial charge in [0.1, 0.15) is 11.4 Å². The monoisotopic (exact) mass is 222 g/mol. The minimum Gasteiger partial charge on any atom is -0.495 e. The van der Waals surface area contributed by atoms with E-state index in [-0.39, 0.29) is 0 Å². The van der Waals surface area contributed by atoms with E-state index in [0.717, 1.165) is 0 Å². The summed E-state index contributed by atoms with van der Waals surface area (Å²) in [6.07, 6.45) is -0.503. The second-order valence-corrected chi connectivity index (χ2v) is 4.25. The summed E-state index contributed by atoms with van der Waals surface area (Å²) >= 11 is 0. The average molecular weight is 222 g/mol. The lowest BCUT2D eigenvalue weighted by atomic mass is 10.2. The Morgan fingerprint density at radius 3 is 2.69 bits per heavy atom. The van der Waals surface area contributed by atoms with Gasteiger partial charge in [0, 0.05) is 0 Å². The molecule has 0 heterocycles. The maximum absolute atomic E-state index is 11.5. The maximum Gasteiger partial charge on any atom is 0.412 e. The first-order valence-electron chi connectivity index (χ1n) is 4.96. The third-order valence-electron chi connectivity index (χ3n) is 1.68. The van der Waals surface area contributed by atoms with E-state index in [1.54, 1.807) is 18.2 Å². The largest absolute Gasteiger partial charge is 0.495 e. The predicted octanol–water partition coefficient (Wildman–Crippen LogP) is 2.84. The fourth-order valence-electron chi connectivity index (χ4n) is 1.10. The van der Waals surface area contributed by atoms with Crippen molar-refractivity contribution in [1.82, 2.24) is 0 Å². The molecule has 0 saturated heterocycles. The van der Waals surface area contributed by atoms with E-state index in [2.05, 4.69) is 11.4 Å². The first kappa shape index (κ1) is 12.4. The van der Waals surface area contributed by atoms with Crippen molar-refractivity contribution in [2.45, 2.75) is 26.4 Å². The van der Waals surface area contributed by atoms with Crippen LogP contribution in [0.25, 0.3) is 0 Å². The van der Waals surface area contributed by atoms with Crippen molar-refractivity contribution >= 4 is 11.8 Å². The lowest BCUT2D eigenvalue weighted by Crippen LogP contribution is -2.27. The van der Waals surface area contributed by atoms with Crippen LogP contribution < -0.4 is 10.1 Å². The summed E-state index contributed by atoms with van der Waals surface area (Å²) in [5, 5.41) is 2.61. The van der Waals surface area contributed by atoms with Gasteiger partial charge in [-0.15, -0.1) is 0 Å². The first-order chi connectivity index (χ1) is 7.42. The van der Waals surface area contributed by atoms with Crippen LogP contribution in [0.2, 0.25) is 0 Å². The van der Waals surface area contributed by atoms with E-state index in [1.165, 1.54) is 7.11 Å². The van der Waals surface area contributed by atoms with Gasteiger partial charge >= 0.3 is 6.09 Å². The summed E-state index contributed by atoms with van der Waals surface area (Å²) in [6.45, 7) is 5.42. The highest BCUT2D eigenvalue weighted by molar-refractivity contribution is 5.86.